The van der Waals surface area contributed by atoms with Crippen LogP contribution in [0.2, 0.25) is 0 Å². The normalized spacial score (nSPS) is 24.7. The van der Waals surface area contributed by atoms with E-state index in [0.29, 0.717) is 19.5 Å². The zero-order chi connectivity index (χ0) is 8.27. The fourth-order valence-electron chi connectivity index (χ4n) is 1.23. The maximum atomic E-state index is 11.0. The fraction of sp³-hybridized carbons (Fsp3) is 0.857. The topological polar surface area (TPSA) is 60.8 Å². The molecule has 0 aromatic rings. The smallest absolute Gasteiger partial charge is 0.225 e. The minimum atomic E-state index is -0.499. The van der Waals surface area contributed by atoms with Gasteiger partial charge in [0.25, 0.3) is 0 Å². The van der Waals surface area contributed by atoms with Gasteiger partial charge in [-0.3, -0.25) is 4.79 Å². The van der Waals surface area contributed by atoms with Crippen LogP contribution in [0.15, 0.2) is 0 Å². The third kappa shape index (κ3) is 2.17. The number of likely N-dealkylation sites (tertiary alicyclic amines) is 1. The van der Waals surface area contributed by atoms with Crippen LogP contribution in [0.4, 0.5) is 0 Å². The molecule has 11 heavy (non-hydrogen) atoms. The number of nitrogens with zero attached hydrogens (tertiary/aromatic N) is 1. The van der Waals surface area contributed by atoms with E-state index < -0.39 is 6.10 Å². The van der Waals surface area contributed by atoms with Gasteiger partial charge in [-0.1, -0.05) is 0 Å². The number of carbonyl (C=O) groups excluding carboxylic acids is 1. The Bertz CT molecular complexity index is 149. The van der Waals surface area contributed by atoms with E-state index in [2.05, 4.69) is 0 Å². The lowest BCUT2D eigenvalue weighted by Crippen LogP contribution is -2.27. The summed E-state index contributed by atoms with van der Waals surface area (Å²) in [5.41, 5.74) is 0. The summed E-state index contributed by atoms with van der Waals surface area (Å²) >= 11 is 0. The molecule has 1 aliphatic rings. The first-order chi connectivity index (χ1) is 5.24. The summed E-state index contributed by atoms with van der Waals surface area (Å²) in [5.74, 6) is -0.00838. The fourth-order valence-corrected chi connectivity index (χ4v) is 1.23. The summed E-state index contributed by atoms with van der Waals surface area (Å²) in [4.78, 5) is 12.6. The van der Waals surface area contributed by atoms with Crippen molar-refractivity contribution in [2.75, 3.05) is 19.7 Å². The second kappa shape index (κ2) is 3.69. The summed E-state index contributed by atoms with van der Waals surface area (Å²) < 4.78 is 0. The summed E-state index contributed by atoms with van der Waals surface area (Å²) in [7, 11) is 0. The van der Waals surface area contributed by atoms with Gasteiger partial charge in [0.1, 0.15) is 0 Å². The lowest BCUT2D eigenvalue weighted by atomic mass is 10.3. The van der Waals surface area contributed by atoms with Crippen LogP contribution in [0.3, 0.4) is 0 Å². The minimum Gasteiger partial charge on any atom is -0.396 e. The van der Waals surface area contributed by atoms with Crippen LogP contribution in [0, 0.1) is 0 Å². The van der Waals surface area contributed by atoms with Gasteiger partial charge >= 0.3 is 0 Å². The Morgan fingerprint density at radius 1 is 1.64 bits per heavy atom. The van der Waals surface area contributed by atoms with Crippen molar-refractivity contribution in [3.05, 3.63) is 0 Å². The van der Waals surface area contributed by atoms with E-state index >= 15 is 0 Å². The zero-order valence-corrected chi connectivity index (χ0v) is 6.36. The van der Waals surface area contributed by atoms with Crippen LogP contribution in [-0.4, -0.2) is 46.8 Å². The molecule has 0 aromatic carbocycles. The molecule has 1 atom stereocenters. The lowest BCUT2D eigenvalue weighted by Gasteiger charge is -2.13. The molecule has 1 rings (SSSR count). The van der Waals surface area contributed by atoms with Crippen molar-refractivity contribution >= 4 is 5.91 Å². The predicted molar refractivity (Wildman–Crippen MR) is 38.9 cm³/mol. The highest BCUT2D eigenvalue weighted by Gasteiger charge is 2.26. The first kappa shape index (κ1) is 8.49. The average Bonchev–Trinajstić information content (AvgIpc) is 2.26. The molecule has 0 bridgehead atoms. The number of aliphatic hydroxyl groups is 2. The van der Waals surface area contributed by atoms with Crippen molar-refractivity contribution in [2.45, 2.75) is 18.9 Å². The predicted octanol–water partition coefficient (Wildman–Crippen LogP) is -1.04. The second-order valence-electron chi connectivity index (χ2n) is 2.77. The Balaban J connectivity index is 2.29. The number of hydrogen-bond acceptors (Lipinski definition) is 3. The van der Waals surface area contributed by atoms with Gasteiger partial charge in [0.15, 0.2) is 0 Å². The molecule has 0 aliphatic carbocycles. The molecule has 2 N–H and O–H groups in total. The van der Waals surface area contributed by atoms with Crippen LogP contribution >= 0.6 is 0 Å². The van der Waals surface area contributed by atoms with Gasteiger partial charge in [0.2, 0.25) is 5.91 Å². The van der Waals surface area contributed by atoms with Gasteiger partial charge in [0, 0.05) is 19.7 Å². The van der Waals surface area contributed by atoms with Gasteiger partial charge in [-0.25, -0.2) is 0 Å². The van der Waals surface area contributed by atoms with E-state index in [1.807, 2.05) is 0 Å². The third-order valence-electron chi connectivity index (χ3n) is 1.78. The Morgan fingerprint density at radius 3 is 2.82 bits per heavy atom. The van der Waals surface area contributed by atoms with Crippen molar-refractivity contribution in [1.82, 2.24) is 4.90 Å². The largest absolute Gasteiger partial charge is 0.396 e. The van der Waals surface area contributed by atoms with Crippen LogP contribution in [0.5, 0.6) is 0 Å². The highest BCUT2D eigenvalue weighted by atomic mass is 16.3. The first-order valence-corrected chi connectivity index (χ1v) is 3.80. The number of β-amino-alcohol motifs (C(OH)–C–C–N with tert-alkyl or cyclic N) is 1. The molecule has 4 heteroatoms. The van der Waals surface area contributed by atoms with E-state index in [0.717, 1.165) is 0 Å². The van der Waals surface area contributed by atoms with Gasteiger partial charge in [-0.05, 0) is 6.42 Å². The minimum absolute atomic E-state index is 0.00838. The van der Waals surface area contributed by atoms with Gasteiger partial charge in [-0.2, -0.15) is 0 Å². The molecule has 1 saturated heterocycles. The Morgan fingerprint density at radius 2 is 2.36 bits per heavy atom. The van der Waals surface area contributed by atoms with Gasteiger partial charge in [0.05, 0.1) is 12.5 Å². The van der Waals surface area contributed by atoms with Gasteiger partial charge in [-0.15, -0.1) is 0 Å². The Kier molecular flexibility index (Phi) is 2.84. The Hall–Kier alpha value is -0.610. The van der Waals surface area contributed by atoms with Crippen LogP contribution in [-0.2, 0) is 4.79 Å². The summed E-state index contributed by atoms with van der Waals surface area (Å²) in [6, 6.07) is 0. The molecule has 0 saturated carbocycles. The van der Waals surface area contributed by atoms with Crippen molar-refractivity contribution < 1.29 is 15.0 Å². The SMILES string of the molecule is O=C1CC(O)CN1CCCO. The van der Waals surface area contributed by atoms with Crippen molar-refractivity contribution in [1.29, 1.82) is 0 Å². The summed E-state index contributed by atoms with van der Waals surface area (Å²) in [5, 5.41) is 17.5. The molecule has 64 valence electrons. The van der Waals surface area contributed by atoms with Crippen molar-refractivity contribution in [3.63, 3.8) is 0 Å². The maximum Gasteiger partial charge on any atom is 0.225 e. The van der Waals surface area contributed by atoms with E-state index in [-0.39, 0.29) is 18.9 Å². The second-order valence-corrected chi connectivity index (χ2v) is 2.77. The van der Waals surface area contributed by atoms with E-state index in [1.54, 1.807) is 4.90 Å². The molecular weight excluding hydrogens is 146 g/mol. The zero-order valence-electron chi connectivity index (χ0n) is 6.36. The number of rotatable bonds is 3. The van der Waals surface area contributed by atoms with E-state index in [9.17, 15) is 4.79 Å². The molecule has 1 heterocycles. The molecule has 1 amide bonds. The van der Waals surface area contributed by atoms with Crippen LogP contribution in [0.25, 0.3) is 0 Å². The van der Waals surface area contributed by atoms with E-state index in [4.69, 9.17) is 10.2 Å². The number of amides is 1. The molecular formula is C7H13NO3. The van der Waals surface area contributed by atoms with Gasteiger partial charge < -0.3 is 15.1 Å². The van der Waals surface area contributed by atoms with Crippen molar-refractivity contribution in [2.24, 2.45) is 0 Å². The monoisotopic (exact) mass is 159 g/mol. The number of aliphatic hydroxyl groups excluding tert-OH is 2. The first-order valence-electron chi connectivity index (χ1n) is 3.80. The van der Waals surface area contributed by atoms with E-state index in [1.165, 1.54) is 0 Å². The molecule has 0 spiro atoms. The molecule has 4 nitrogen and oxygen atoms in total. The lowest BCUT2D eigenvalue weighted by molar-refractivity contribution is -0.127. The molecule has 1 aliphatic heterocycles. The van der Waals surface area contributed by atoms with Crippen LogP contribution < -0.4 is 0 Å². The highest BCUT2D eigenvalue weighted by Crippen LogP contribution is 2.10. The van der Waals surface area contributed by atoms with Crippen molar-refractivity contribution in [3.8, 4) is 0 Å². The third-order valence-corrected chi connectivity index (χ3v) is 1.78. The molecule has 1 fully saturated rings. The average molecular weight is 159 g/mol. The summed E-state index contributed by atoms with van der Waals surface area (Å²) in [6.45, 7) is 1.09. The maximum absolute atomic E-state index is 11.0. The molecule has 1 unspecified atom stereocenters. The number of hydrogen-bond donors (Lipinski definition) is 2. The Labute approximate surface area is 65.4 Å². The van der Waals surface area contributed by atoms with Crippen LogP contribution in [0.1, 0.15) is 12.8 Å². The standard InChI is InChI=1S/C7H13NO3/c9-3-1-2-8-5-6(10)4-7(8)11/h6,9-10H,1-5H2. The highest BCUT2D eigenvalue weighted by molar-refractivity contribution is 5.78. The molecule has 0 radical (unpaired) electrons. The number of carbonyl (C=O) groups is 1. The molecule has 0 aromatic heterocycles. The quantitative estimate of drug-likeness (QED) is 0.553. The summed E-state index contributed by atoms with van der Waals surface area (Å²) in [6.07, 6.45) is 0.338.